The van der Waals surface area contributed by atoms with Gasteiger partial charge in [0, 0.05) is 29.5 Å². The first-order valence-corrected chi connectivity index (χ1v) is 7.88. The van der Waals surface area contributed by atoms with Crippen molar-refractivity contribution in [1.82, 2.24) is 10.3 Å². The molecule has 1 aliphatic carbocycles. The van der Waals surface area contributed by atoms with Crippen LogP contribution in [0.3, 0.4) is 0 Å². The maximum atomic E-state index is 4.20. The summed E-state index contributed by atoms with van der Waals surface area (Å²) in [5.41, 5.74) is 1.25. The Hall–Kier alpha value is -0.410. The van der Waals surface area contributed by atoms with Crippen LogP contribution in [0.2, 0.25) is 0 Å². The van der Waals surface area contributed by atoms with Gasteiger partial charge in [-0.25, -0.2) is 0 Å². The van der Waals surface area contributed by atoms with Crippen molar-refractivity contribution in [2.24, 2.45) is 5.92 Å². The molecule has 1 fully saturated rings. The molecule has 3 heteroatoms. The molecular weight excluding hydrogens is 288 g/mol. The lowest BCUT2D eigenvalue weighted by Gasteiger charge is -2.23. The Morgan fingerprint density at radius 1 is 1.28 bits per heavy atom. The minimum atomic E-state index is 0.613. The molecule has 1 heterocycles. The first kappa shape index (κ1) is 14.0. The summed E-state index contributed by atoms with van der Waals surface area (Å²) >= 11 is 3.47. The summed E-state index contributed by atoms with van der Waals surface area (Å²) in [4.78, 5) is 4.20. The number of aromatic nitrogens is 1. The van der Waals surface area contributed by atoms with E-state index in [4.69, 9.17) is 0 Å². The second-order valence-electron chi connectivity index (χ2n) is 5.43. The van der Waals surface area contributed by atoms with Gasteiger partial charge >= 0.3 is 0 Å². The van der Waals surface area contributed by atoms with Crippen LogP contribution in [0.4, 0.5) is 0 Å². The van der Waals surface area contributed by atoms with Crippen molar-refractivity contribution in [3.63, 3.8) is 0 Å². The Morgan fingerprint density at radius 2 is 2.00 bits per heavy atom. The molecule has 18 heavy (non-hydrogen) atoms. The van der Waals surface area contributed by atoms with E-state index in [1.165, 1.54) is 44.1 Å². The molecule has 1 aromatic rings. The summed E-state index contributed by atoms with van der Waals surface area (Å²) in [5.74, 6) is 0.854. The van der Waals surface area contributed by atoms with Gasteiger partial charge in [-0.15, -0.1) is 0 Å². The quantitative estimate of drug-likeness (QED) is 0.839. The van der Waals surface area contributed by atoms with Gasteiger partial charge < -0.3 is 5.32 Å². The number of hydrogen-bond acceptors (Lipinski definition) is 2. The molecule has 1 aromatic heterocycles. The first-order chi connectivity index (χ1) is 8.75. The molecule has 1 aliphatic rings. The third kappa shape index (κ3) is 4.36. The lowest BCUT2D eigenvalue weighted by atomic mass is 9.93. The summed E-state index contributed by atoms with van der Waals surface area (Å²) in [6.45, 7) is 3.26. The van der Waals surface area contributed by atoms with Gasteiger partial charge in [0.05, 0.1) is 0 Å². The highest BCUT2D eigenvalue weighted by Crippen LogP contribution is 2.25. The van der Waals surface area contributed by atoms with Crippen LogP contribution >= 0.6 is 15.9 Å². The number of halogens is 1. The molecule has 0 bridgehead atoms. The lowest BCUT2D eigenvalue weighted by molar-refractivity contribution is 0.336. The van der Waals surface area contributed by atoms with Gasteiger partial charge in [-0.3, -0.25) is 4.98 Å². The first-order valence-electron chi connectivity index (χ1n) is 7.08. The minimum Gasteiger partial charge on any atom is -0.310 e. The zero-order chi connectivity index (χ0) is 12.8. The second kappa shape index (κ2) is 7.25. The number of nitrogens with one attached hydrogen (secondary N) is 1. The second-order valence-corrected chi connectivity index (χ2v) is 6.35. The van der Waals surface area contributed by atoms with Crippen molar-refractivity contribution in [3.8, 4) is 0 Å². The van der Waals surface area contributed by atoms with Crippen molar-refractivity contribution < 1.29 is 0 Å². The van der Waals surface area contributed by atoms with Crippen molar-refractivity contribution in [1.29, 1.82) is 0 Å². The summed E-state index contributed by atoms with van der Waals surface area (Å²) in [7, 11) is 0. The van der Waals surface area contributed by atoms with Gasteiger partial charge in [0.1, 0.15) is 0 Å². The Bertz CT molecular complexity index is 359. The molecule has 0 aliphatic heterocycles. The molecule has 1 saturated carbocycles. The number of pyridine rings is 1. The van der Waals surface area contributed by atoms with Crippen molar-refractivity contribution in [2.45, 2.75) is 58.0 Å². The molecule has 2 rings (SSSR count). The lowest BCUT2D eigenvalue weighted by Crippen LogP contribution is -2.32. The predicted molar refractivity (Wildman–Crippen MR) is 79.4 cm³/mol. The molecule has 2 nitrogen and oxygen atoms in total. The van der Waals surface area contributed by atoms with E-state index in [1.807, 2.05) is 12.4 Å². The molecule has 0 radical (unpaired) electrons. The smallest absolute Gasteiger partial charge is 0.0410 e. The normalized spacial score (nSPS) is 19.4. The molecule has 0 aromatic carbocycles. The molecule has 1 N–H and O–H groups in total. The number of nitrogens with zero attached hydrogens (tertiary/aromatic N) is 1. The third-order valence-corrected chi connectivity index (χ3v) is 4.43. The fourth-order valence-corrected chi connectivity index (χ4v) is 3.22. The third-order valence-electron chi connectivity index (χ3n) is 4.00. The molecule has 0 spiro atoms. The Labute approximate surface area is 119 Å². The fourth-order valence-electron chi connectivity index (χ4n) is 2.81. The topological polar surface area (TPSA) is 24.9 Å². The minimum absolute atomic E-state index is 0.613. The highest BCUT2D eigenvalue weighted by molar-refractivity contribution is 9.10. The molecule has 100 valence electrons. The molecule has 1 atom stereocenters. The van der Waals surface area contributed by atoms with E-state index < -0.39 is 0 Å². The van der Waals surface area contributed by atoms with E-state index in [0.717, 1.165) is 16.9 Å². The van der Waals surface area contributed by atoms with E-state index in [0.29, 0.717) is 6.04 Å². The fraction of sp³-hybridized carbons (Fsp3) is 0.667. The predicted octanol–water partition coefficient (Wildman–Crippen LogP) is 4.29. The van der Waals surface area contributed by atoms with Crippen LogP contribution in [0.15, 0.2) is 22.9 Å². The summed E-state index contributed by atoms with van der Waals surface area (Å²) in [5, 5.41) is 3.66. The molecule has 0 amide bonds. The van der Waals surface area contributed by atoms with Gasteiger partial charge in [-0.05, 0) is 53.2 Å². The Kier molecular flexibility index (Phi) is 5.64. The summed E-state index contributed by atoms with van der Waals surface area (Å²) in [6, 6.07) is 2.75. The van der Waals surface area contributed by atoms with Crippen LogP contribution in [0.5, 0.6) is 0 Å². The van der Waals surface area contributed by atoms with Gasteiger partial charge in [0.2, 0.25) is 0 Å². The summed E-state index contributed by atoms with van der Waals surface area (Å²) in [6.07, 6.45) is 12.2. The van der Waals surface area contributed by atoms with E-state index in [-0.39, 0.29) is 0 Å². The van der Waals surface area contributed by atoms with Crippen molar-refractivity contribution >= 4 is 15.9 Å². The Balaban J connectivity index is 1.81. The van der Waals surface area contributed by atoms with Gasteiger partial charge in [0.15, 0.2) is 0 Å². The molecule has 0 unspecified atom stereocenters. The van der Waals surface area contributed by atoms with Crippen LogP contribution in [0, 0.1) is 5.92 Å². The summed E-state index contributed by atoms with van der Waals surface area (Å²) < 4.78 is 1.06. The van der Waals surface area contributed by atoms with Crippen molar-refractivity contribution in [3.05, 3.63) is 28.5 Å². The largest absolute Gasteiger partial charge is 0.310 e. The van der Waals surface area contributed by atoms with E-state index in [1.54, 1.807) is 0 Å². The van der Waals surface area contributed by atoms with Crippen LogP contribution in [0.25, 0.3) is 0 Å². The van der Waals surface area contributed by atoms with Crippen LogP contribution < -0.4 is 5.32 Å². The van der Waals surface area contributed by atoms with Gasteiger partial charge in [0.25, 0.3) is 0 Å². The zero-order valence-electron chi connectivity index (χ0n) is 11.2. The maximum absolute atomic E-state index is 4.20. The van der Waals surface area contributed by atoms with Crippen LogP contribution in [0.1, 0.15) is 51.0 Å². The SMILES string of the molecule is C[C@H](NCc1cncc(Br)c1)C1CCCCCC1. The number of rotatable bonds is 4. The number of hydrogen-bond donors (Lipinski definition) is 1. The maximum Gasteiger partial charge on any atom is 0.0410 e. The zero-order valence-corrected chi connectivity index (χ0v) is 12.7. The Morgan fingerprint density at radius 3 is 2.67 bits per heavy atom. The monoisotopic (exact) mass is 310 g/mol. The van der Waals surface area contributed by atoms with E-state index in [9.17, 15) is 0 Å². The van der Waals surface area contributed by atoms with Gasteiger partial charge in [-0.2, -0.15) is 0 Å². The van der Waals surface area contributed by atoms with Crippen molar-refractivity contribution in [2.75, 3.05) is 0 Å². The van der Waals surface area contributed by atoms with Gasteiger partial charge in [-0.1, -0.05) is 25.7 Å². The van der Waals surface area contributed by atoms with E-state index in [2.05, 4.69) is 39.2 Å². The van der Waals surface area contributed by atoms with Crippen LogP contribution in [-0.2, 0) is 6.54 Å². The highest BCUT2D eigenvalue weighted by Gasteiger charge is 2.18. The molecular formula is C15H23BrN2. The van der Waals surface area contributed by atoms with Crippen LogP contribution in [-0.4, -0.2) is 11.0 Å². The average Bonchev–Trinajstić information content (AvgIpc) is 2.65. The average molecular weight is 311 g/mol. The molecule has 0 saturated heterocycles. The van der Waals surface area contributed by atoms with E-state index >= 15 is 0 Å². The standard InChI is InChI=1S/C15H23BrN2/c1-12(14-6-4-2-3-5-7-14)18-10-13-8-15(16)11-17-9-13/h8-9,11-12,14,18H,2-7,10H2,1H3/t12-/m0/s1. The highest BCUT2D eigenvalue weighted by atomic mass is 79.9.